The monoisotopic (exact) mass is 421 g/mol. The molecule has 31 heavy (non-hydrogen) atoms. The first-order valence-electron chi connectivity index (χ1n) is 9.91. The molecule has 4 aromatic rings. The fourth-order valence-electron chi connectivity index (χ4n) is 3.30. The molecule has 4 N–H and O–H groups in total. The first-order valence-corrected chi connectivity index (χ1v) is 9.91. The van der Waals surface area contributed by atoms with E-state index in [1.54, 1.807) is 35.8 Å². The van der Waals surface area contributed by atoms with E-state index in [-0.39, 0.29) is 23.4 Å². The third-order valence-corrected chi connectivity index (χ3v) is 5.07. The fraction of sp³-hybridized carbons (Fsp3) is 0.238. The van der Waals surface area contributed by atoms with Crippen LogP contribution in [0, 0.1) is 12.7 Å². The quantitative estimate of drug-likeness (QED) is 0.385. The van der Waals surface area contributed by atoms with Crippen LogP contribution in [0.2, 0.25) is 0 Å². The number of fused-ring (bicyclic) bond motifs is 1. The highest BCUT2D eigenvalue weighted by atomic mass is 19.1. The molecule has 3 aromatic heterocycles. The number of aryl methyl sites for hydroxylation is 1. The molecule has 1 aliphatic rings. The highest BCUT2D eigenvalue weighted by Gasteiger charge is 2.20. The maximum atomic E-state index is 13.5. The maximum Gasteiger partial charge on any atom is 0.326 e. The third-order valence-electron chi connectivity index (χ3n) is 5.07. The van der Waals surface area contributed by atoms with Crippen LogP contribution in [0.25, 0.3) is 11.7 Å². The summed E-state index contributed by atoms with van der Waals surface area (Å²) in [5.41, 5.74) is 2.44. The van der Waals surface area contributed by atoms with Crippen molar-refractivity contribution in [3.8, 4) is 5.88 Å². The molecule has 0 saturated heterocycles. The number of aromatic hydroxyl groups is 1. The van der Waals surface area contributed by atoms with Gasteiger partial charge >= 0.3 is 5.69 Å². The normalized spacial score (nSPS) is 15.2. The molecule has 1 aromatic carbocycles. The number of H-pyrrole nitrogens is 2. The summed E-state index contributed by atoms with van der Waals surface area (Å²) in [5.74, 6) is 0.100. The molecule has 3 heterocycles. The standard InChI is InChI=1S/C21H20FN7O2/c1-11-6-12(2-5-15(11)22)9-23-17-8-18(25-14-3-4-14)29-19(27-17)13(10-24-29)7-16-20(30)28-21(31)26-16/h2,5-8,10,14,23,30H,3-4,9H2,1H3,(H2,26,28,31)/b13-7+,25-18?. The van der Waals surface area contributed by atoms with E-state index in [0.717, 1.165) is 18.4 Å². The van der Waals surface area contributed by atoms with E-state index in [9.17, 15) is 14.3 Å². The lowest BCUT2D eigenvalue weighted by Gasteiger charge is -2.08. The first kappa shape index (κ1) is 19.0. The molecule has 9 nitrogen and oxygen atoms in total. The number of halogens is 1. The van der Waals surface area contributed by atoms with Crippen LogP contribution >= 0.6 is 0 Å². The predicted molar refractivity (Wildman–Crippen MR) is 112 cm³/mol. The van der Waals surface area contributed by atoms with Crippen LogP contribution in [0.3, 0.4) is 0 Å². The van der Waals surface area contributed by atoms with Gasteiger partial charge in [-0.3, -0.25) is 9.98 Å². The van der Waals surface area contributed by atoms with Crippen LogP contribution in [-0.2, 0) is 6.54 Å². The van der Waals surface area contributed by atoms with Crippen molar-refractivity contribution < 1.29 is 9.50 Å². The van der Waals surface area contributed by atoms with E-state index in [1.807, 2.05) is 6.07 Å². The largest absolute Gasteiger partial charge is 0.493 e. The van der Waals surface area contributed by atoms with E-state index >= 15 is 0 Å². The SMILES string of the molecule is Cc1cc(CNc2cc(=NC3CC3)n3nc/c(=C\c4[nH]c(=O)[nH]c4O)c3n2)ccc1F. The number of aromatic amines is 2. The van der Waals surface area contributed by atoms with Crippen LogP contribution < -0.4 is 21.7 Å². The molecule has 0 unspecified atom stereocenters. The Morgan fingerprint density at radius 2 is 2.19 bits per heavy atom. The second-order valence-corrected chi connectivity index (χ2v) is 7.62. The van der Waals surface area contributed by atoms with Crippen molar-refractivity contribution in [1.82, 2.24) is 24.6 Å². The van der Waals surface area contributed by atoms with Crippen LogP contribution in [-0.4, -0.2) is 35.7 Å². The Kier molecular flexibility index (Phi) is 4.54. The molecule has 0 aliphatic heterocycles. The minimum atomic E-state index is -0.505. The zero-order valence-electron chi connectivity index (χ0n) is 16.7. The number of hydrogen-bond acceptors (Lipinski definition) is 6. The summed E-state index contributed by atoms with van der Waals surface area (Å²) in [6.45, 7) is 2.19. The molecule has 1 saturated carbocycles. The minimum Gasteiger partial charge on any atom is -0.493 e. The van der Waals surface area contributed by atoms with Crippen molar-refractivity contribution in [2.75, 3.05) is 5.32 Å². The Labute approximate surface area is 175 Å². The number of rotatable bonds is 5. The van der Waals surface area contributed by atoms with E-state index in [2.05, 4.69) is 25.4 Å². The number of nitrogens with one attached hydrogen (secondary N) is 3. The fourth-order valence-corrected chi connectivity index (χ4v) is 3.30. The smallest absolute Gasteiger partial charge is 0.326 e. The van der Waals surface area contributed by atoms with Gasteiger partial charge in [0.1, 0.15) is 17.3 Å². The lowest BCUT2D eigenvalue weighted by atomic mass is 10.1. The van der Waals surface area contributed by atoms with Gasteiger partial charge in [-0.1, -0.05) is 12.1 Å². The first-order chi connectivity index (χ1) is 15.0. The second kappa shape index (κ2) is 7.38. The average molecular weight is 421 g/mol. The highest BCUT2D eigenvalue weighted by molar-refractivity contribution is 5.58. The van der Waals surface area contributed by atoms with Crippen molar-refractivity contribution in [2.45, 2.75) is 32.4 Å². The van der Waals surface area contributed by atoms with E-state index in [1.165, 1.54) is 6.07 Å². The molecular weight excluding hydrogens is 401 g/mol. The predicted octanol–water partition coefficient (Wildman–Crippen LogP) is 1.12. The Hall–Kier alpha value is -3.95. The zero-order chi connectivity index (χ0) is 21.5. The van der Waals surface area contributed by atoms with Gasteiger partial charge in [0.05, 0.1) is 12.2 Å². The summed E-state index contributed by atoms with van der Waals surface area (Å²) >= 11 is 0. The van der Waals surface area contributed by atoms with E-state index < -0.39 is 5.69 Å². The number of imidazole rings is 1. The minimum absolute atomic E-state index is 0.237. The molecule has 0 bridgehead atoms. The number of nitrogens with zero attached hydrogens (tertiary/aromatic N) is 4. The maximum absolute atomic E-state index is 13.5. The number of anilines is 1. The van der Waals surface area contributed by atoms with Gasteiger partial charge in [0, 0.05) is 17.8 Å². The number of benzene rings is 1. The third kappa shape index (κ3) is 3.91. The lowest BCUT2D eigenvalue weighted by Crippen LogP contribution is -2.20. The van der Waals surface area contributed by atoms with Gasteiger partial charge in [0.25, 0.3) is 0 Å². The number of aromatic nitrogens is 5. The Balaban J connectivity index is 1.57. The summed E-state index contributed by atoms with van der Waals surface area (Å²) in [4.78, 5) is 25.6. The van der Waals surface area contributed by atoms with E-state index in [4.69, 9.17) is 4.99 Å². The van der Waals surface area contributed by atoms with Crippen molar-refractivity contribution in [1.29, 1.82) is 0 Å². The number of hydrogen-bond donors (Lipinski definition) is 4. The van der Waals surface area contributed by atoms with Crippen molar-refractivity contribution >= 4 is 17.5 Å². The van der Waals surface area contributed by atoms with Gasteiger partial charge in [-0.25, -0.2) is 14.2 Å². The molecule has 5 rings (SSSR count). The summed E-state index contributed by atoms with van der Waals surface area (Å²) in [6, 6.07) is 7.07. The topological polar surface area (TPSA) is 123 Å². The lowest BCUT2D eigenvalue weighted by molar-refractivity contribution is 0.454. The van der Waals surface area contributed by atoms with Crippen molar-refractivity contribution in [3.05, 3.63) is 74.3 Å². The van der Waals surface area contributed by atoms with Gasteiger partial charge in [-0.15, -0.1) is 0 Å². The molecule has 10 heteroatoms. The van der Waals surface area contributed by atoms with Crippen LogP contribution in [0.5, 0.6) is 5.88 Å². The van der Waals surface area contributed by atoms with Gasteiger partial charge in [0.2, 0.25) is 5.88 Å². The van der Waals surface area contributed by atoms with Crippen molar-refractivity contribution in [3.63, 3.8) is 0 Å². The van der Waals surface area contributed by atoms with Crippen LogP contribution in [0.4, 0.5) is 10.2 Å². The van der Waals surface area contributed by atoms with Crippen molar-refractivity contribution in [2.24, 2.45) is 4.99 Å². The zero-order valence-corrected chi connectivity index (χ0v) is 16.7. The molecule has 1 fully saturated rings. The molecule has 0 amide bonds. The molecule has 158 valence electrons. The van der Waals surface area contributed by atoms with Gasteiger partial charge in [0.15, 0.2) is 11.1 Å². The van der Waals surface area contributed by atoms with Crippen LogP contribution in [0.1, 0.15) is 29.7 Å². The second-order valence-electron chi connectivity index (χ2n) is 7.62. The molecule has 1 aliphatic carbocycles. The molecule has 0 radical (unpaired) electrons. The summed E-state index contributed by atoms with van der Waals surface area (Å²) in [6.07, 6.45) is 5.28. The molecular formula is C21H20FN7O2. The molecule has 0 atom stereocenters. The van der Waals surface area contributed by atoms with Gasteiger partial charge in [-0.2, -0.15) is 9.61 Å². The van der Waals surface area contributed by atoms with Crippen LogP contribution in [0.15, 0.2) is 40.2 Å². The summed E-state index contributed by atoms with van der Waals surface area (Å²) in [7, 11) is 0. The summed E-state index contributed by atoms with van der Waals surface area (Å²) < 4.78 is 15.2. The Morgan fingerprint density at radius 1 is 1.35 bits per heavy atom. The highest BCUT2D eigenvalue weighted by Crippen LogP contribution is 2.22. The Morgan fingerprint density at radius 3 is 2.90 bits per heavy atom. The summed E-state index contributed by atoms with van der Waals surface area (Å²) in [5, 5.41) is 18.1. The van der Waals surface area contributed by atoms with E-state index in [0.29, 0.717) is 34.3 Å². The average Bonchev–Trinajstić information content (AvgIpc) is 3.37. The molecule has 0 spiro atoms. The van der Waals surface area contributed by atoms with Gasteiger partial charge < -0.3 is 15.4 Å². The van der Waals surface area contributed by atoms with Gasteiger partial charge in [-0.05, 0) is 43.0 Å². The Bertz CT molecular complexity index is 1460.